The van der Waals surface area contributed by atoms with Gasteiger partial charge in [0, 0.05) is 13.1 Å². The molecule has 1 amide bonds. The topological polar surface area (TPSA) is 46.6 Å². The van der Waals surface area contributed by atoms with E-state index in [2.05, 4.69) is 0 Å². The van der Waals surface area contributed by atoms with E-state index in [1.54, 1.807) is 37.4 Å². The highest BCUT2D eigenvalue weighted by Crippen LogP contribution is 2.31. The molecule has 0 N–H and O–H groups in total. The maximum Gasteiger partial charge on any atom is 0.299 e. The number of carbonyl (C=O) groups excluding carboxylic acids is 2. The Bertz CT molecular complexity index is 742. The summed E-state index contributed by atoms with van der Waals surface area (Å²) in [6.45, 7) is 0.210. The lowest BCUT2D eigenvalue weighted by Crippen LogP contribution is -2.24. The number of carbonyl (C=O) groups is 2. The molecule has 0 spiro atoms. The summed E-state index contributed by atoms with van der Waals surface area (Å²) < 4.78 is 18.6. The van der Waals surface area contributed by atoms with Gasteiger partial charge in [0.15, 0.2) is 0 Å². The standard InChI is InChI=1S/C16H12FNO3/c1-18-14-8-12(5-6-13(14)15(19)16(18)20)21-9-10-3-2-4-11(17)7-10/h2-8H,9H2,1H3. The number of anilines is 1. The van der Waals surface area contributed by atoms with Crippen LogP contribution >= 0.6 is 0 Å². The largest absolute Gasteiger partial charge is 0.489 e. The lowest BCUT2D eigenvalue weighted by Gasteiger charge is -2.11. The van der Waals surface area contributed by atoms with Gasteiger partial charge in [-0.2, -0.15) is 0 Å². The lowest BCUT2D eigenvalue weighted by atomic mass is 10.1. The summed E-state index contributed by atoms with van der Waals surface area (Å²) in [6, 6.07) is 11.0. The minimum Gasteiger partial charge on any atom is -0.489 e. The third-order valence-corrected chi connectivity index (χ3v) is 3.37. The number of nitrogens with zero attached hydrogens (tertiary/aromatic N) is 1. The molecule has 0 saturated carbocycles. The highest BCUT2D eigenvalue weighted by atomic mass is 19.1. The van der Waals surface area contributed by atoms with Crippen molar-refractivity contribution in [1.82, 2.24) is 0 Å². The molecule has 0 atom stereocenters. The molecular formula is C16H12FNO3. The third-order valence-electron chi connectivity index (χ3n) is 3.37. The number of hydrogen-bond donors (Lipinski definition) is 0. The Morgan fingerprint density at radius 1 is 1.14 bits per heavy atom. The van der Waals surface area contributed by atoms with Crippen molar-refractivity contribution in [2.24, 2.45) is 0 Å². The number of amides is 1. The fourth-order valence-electron chi connectivity index (χ4n) is 2.24. The number of ether oxygens (including phenoxy) is 1. The van der Waals surface area contributed by atoms with Gasteiger partial charge in [0.05, 0.1) is 11.3 Å². The zero-order valence-corrected chi connectivity index (χ0v) is 11.3. The number of hydrogen-bond acceptors (Lipinski definition) is 3. The Balaban J connectivity index is 1.80. The van der Waals surface area contributed by atoms with Crippen molar-refractivity contribution in [3.8, 4) is 5.75 Å². The van der Waals surface area contributed by atoms with Gasteiger partial charge >= 0.3 is 0 Å². The van der Waals surface area contributed by atoms with Crippen molar-refractivity contribution in [3.63, 3.8) is 0 Å². The average molecular weight is 285 g/mol. The summed E-state index contributed by atoms with van der Waals surface area (Å²) in [4.78, 5) is 24.5. The third kappa shape index (κ3) is 2.38. The predicted molar refractivity (Wildman–Crippen MR) is 74.9 cm³/mol. The van der Waals surface area contributed by atoms with E-state index < -0.39 is 11.7 Å². The van der Waals surface area contributed by atoms with Crippen LogP contribution in [0.5, 0.6) is 5.75 Å². The summed E-state index contributed by atoms with van der Waals surface area (Å²) in [5.74, 6) is -0.857. The van der Waals surface area contributed by atoms with Crippen molar-refractivity contribution in [2.45, 2.75) is 6.61 Å². The van der Waals surface area contributed by atoms with Gasteiger partial charge in [-0.25, -0.2) is 4.39 Å². The first kappa shape index (κ1) is 13.3. The monoisotopic (exact) mass is 285 g/mol. The smallest absolute Gasteiger partial charge is 0.299 e. The Morgan fingerprint density at radius 3 is 2.71 bits per heavy atom. The average Bonchev–Trinajstić information content (AvgIpc) is 2.70. The van der Waals surface area contributed by atoms with Crippen LogP contribution in [0.25, 0.3) is 0 Å². The molecule has 0 aliphatic carbocycles. The van der Waals surface area contributed by atoms with E-state index in [-0.39, 0.29) is 12.4 Å². The molecule has 1 heterocycles. The maximum absolute atomic E-state index is 13.1. The van der Waals surface area contributed by atoms with Crippen LogP contribution in [0.1, 0.15) is 15.9 Å². The van der Waals surface area contributed by atoms with Crippen LogP contribution in [-0.4, -0.2) is 18.7 Å². The summed E-state index contributed by atoms with van der Waals surface area (Å²) in [5.41, 5.74) is 1.61. The first-order valence-electron chi connectivity index (χ1n) is 6.40. The normalized spacial score (nSPS) is 13.5. The Hall–Kier alpha value is -2.69. The van der Waals surface area contributed by atoms with Gasteiger partial charge in [0.2, 0.25) is 0 Å². The van der Waals surface area contributed by atoms with Crippen molar-refractivity contribution in [1.29, 1.82) is 0 Å². The lowest BCUT2D eigenvalue weighted by molar-refractivity contribution is -0.114. The van der Waals surface area contributed by atoms with Crippen molar-refractivity contribution in [2.75, 3.05) is 11.9 Å². The molecule has 5 heteroatoms. The molecule has 0 aromatic heterocycles. The number of ketones is 1. The summed E-state index contributed by atoms with van der Waals surface area (Å²) >= 11 is 0. The number of fused-ring (bicyclic) bond motifs is 1. The molecule has 0 saturated heterocycles. The molecule has 0 unspecified atom stereocenters. The minimum atomic E-state index is -0.549. The predicted octanol–water partition coefficient (Wildman–Crippen LogP) is 2.56. The van der Waals surface area contributed by atoms with Crippen LogP contribution in [0.15, 0.2) is 42.5 Å². The van der Waals surface area contributed by atoms with Crippen molar-refractivity contribution < 1.29 is 18.7 Å². The molecule has 4 nitrogen and oxygen atoms in total. The highest BCUT2D eigenvalue weighted by Gasteiger charge is 2.33. The number of rotatable bonds is 3. The number of likely N-dealkylation sites (N-methyl/N-ethyl adjacent to an activating group) is 1. The van der Waals surface area contributed by atoms with Crippen molar-refractivity contribution in [3.05, 3.63) is 59.4 Å². The van der Waals surface area contributed by atoms with Crippen LogP contribution < -0.4 is 9.64 Å². The van der Waals surface area contributed by atoms with E-state index in [4.69, 9.17) is 4.74 Å². The molecule has 106 valence electrons. The second kappa shape index (κ2) is 5.01. The Labute approximate surface area is 120 Å². The van der Waals surface area contributed by atoms with Gasteiger partial charge in [-0.3, -0.25) is 9.59 Å². The van der Waals surface area contributed by atoms with Crippen LogP contribution in [0.3, 0.4) is 0 Å². The summed E-state index contributed by atoms with van der Waals surface area (Å²) in [7, 11) is 1.54. The van der Waals surface area contributed by atoms with E-state index in [1.807, 2.05) is 0 Å². The second-order valence-corrected chi connectivity index (χ2v) is 4.79. The van der Waals surface area contributed by atoms with Crippen LogP contribution in [0, 0.1) is 5.82 Å². The Morgan fingerprint density at radius 2 is 1.95 bits per heavy atom. The van der Waals surface area contributed by atoms with Gasteiger partial charge in [-0.1, -0.05) is 12.1 Å². The summed E-state index contributed by atoms with van der Waals surface area (Å²) in [6.07, 6.45) is 0. The number of benzene rings is 2. The molecular weight excluding hydrogens is 273 g/mol. The first-order chi connectivity index (χ1) is 10.1. The van der Waals surface area contributed by atoms with E-state index in [1.165, 1.54) is 17.0 Å². The molecule has 3 rings (SSSR count). The van der Waals surface area contributed by atoms with E-state index in [9.17, 15) is 14.0 Å². The molecule has 1 aliphatic rings. The Kier molecular flexibility index (Phi) is 3.17. The SMILES string of the molecule is CN1C(=O)C(=O)c2ccc(OCc3cccc(F)c3)cc21. The van der Waals surface area contributed by atoms with E-state index in [0.717, 1.165) is 0 Å². The van der Waals surface area contributed by atoms with Gasteiger partial charge < -0.3 is 9.64 Å². The van der Waals surface area contributed by atoms with E-state index >= 15 is 0 Å². The fourth-order valence-corrected chi connectivity index (χ4v) is 2.24. The number of halogens is 1. The van der Waals surface area contributed by atoms with Crippen LogP contribution in [0.2, 0.25) is 0 Å². The molecule has 2 aromatic carbocycles. The maximum atomic E-state index is 13.1. The number of Topliss-reactive ketones (excluding diaryl/α,β-unsaturated/α-hetero) is 1. The van der Waals surface area contributed by atoms with Gasteiger partial charge in [-0.15, -0.1) is 0 Å². The van der Waals surface area contributed by atoms with Gasteiger partial charge in [0.25, 0.3) is 11.7 Å². The second-order valence-electron chi connectivity index (χ2n) is 4.79. The summed E-state index contributed by atoms with van der Waals surface area (Å²) in [5, 5.41) is 0. The van der Waals surface area contributed by atoms with Crippen molar-refractivity contribution >= 4 is 17.4 Å². The highest BCUT2D eigenvalue weighted by molar-refractivity contribution is 6.52. The molecule has 1 aliphatic heterocycles. The first-order valence-corrected chi connectivity index (χ1v) is 6.40. The van der Waals surface area contributed by atoms with Gasteiger partial charge in [-0.05, 0) is 29.8 Å². The van der Waals surface area contributed by atoms with Gasteiger partial charge in [0.1, 0.15) is 18.2 Å². The zero-order valence-electron chi connectivity index (χ0n) is 11.3. The zero-order chi connectivity index (χ0) is 15.0. The molecule has 21 heavy (non-hydrogen) atoms. The minimum absolute atomic E-state index is 0.210. The molecule has 2 aromatic rings. The molecule has 0 radical (unpaired) electrons. The molecule has 0 fully saturated rings. The van der Waals surface area contributed by atoms with Crippen LogP contribution in [-0.2, 0) is 11.4 Å². The quantitative estimate of drug-likeness (QED) is 0.814. The van der Waals surface area contributed by atoms with Crippen LogP contribution in [0.4, 0.5) is 10.1 Å². The molecule has 0 bridgehead atoms. The fraction of sp³-hybridized carbons (Fsp3) is 0.125. The van der Waals surface area contributed by atoms with E-state index in [0.29, 0.717) is 22.6 Å².